The van der Waals surface area contributed by atoms with Crippen molar-refractivity contribution in [1.29, 1.82) is 0 Å². The minimum absolute atomic E-state index is 0.0764. The summed E-state index contributed by atoms with van der Waals surface area (Å²) in [4.78, 5) is 18.0. The number of rotatable bonds is 4. The molecule has 1 amide bonds. The van der Waals surface area contributed by atoms with Crippen molar-refractivity contribution in [1.82, 2.24) is 14.9 Å². The maximum absolute atomic E-state index is 13.9. The molecule has 0 spiro atoms. The molecule has 0 unspecified atom stereocenters. The Morgan fingerprint density at radius 3 is 3.12 bits per heavy atom. The van der Waals surface area contributed by atoms with E-state index in [4.69, 9.17) is 0 Å². The van der Waals surface area contributed by atoms with Crippen LogP contribution in [0.1, 0.15) is 20.8 Å². The number of carbonyl (C=O) groups excluding carboxylic acids is 1. The third-order valence-corrected chi connectivity index (χ3v) is 5.46. The monoisotopic (exact) mass is 341 g/mol. The van der Waals surface area contributed by atoms with Crippen molar-refractivity contribution in [3.8, 4) is 10.4 Å². The molecule has 1 aliphatic rings. The fourth-order valence-corrected chi connectivity index (χ4v) is 4.22. The lowest BCUT2D eigenvalue weighted by molar-refractivity contribution is 0.0956. The number of thiophene rings is 1. The maximum Gasteiger partial charge on any atom is 0.261 e. The number of fused-ring (bicyclic) bond motifs is 3. The van der Waals surface area contributed by atoms with Crippen LogP contribution in [0, 0.1) is 5.82 Å². The summed E-state index contributed by atoms with van der Waals surface area (Å²) < 4.78 is 15.9. The summed E-state index contributed by atoms with van der Waals surface area (Å²) in [5.41, 5.74) is 2.83. The SMILES string of the molecule is O=C(NCCn1ccnc1)c1cc2c(s1)-c1cccc(F)c1CC2. The van der Waals surface area contributed by atoms with Gasteiger partial charge >= 0.3 is 0 Å². The van der Waals surface area contributed by atoms with E-state index in [-0.39, 0.29) is 11.7 Å². The molecule has 6 heteroatoms. The third-order valence-electron chi connectivity index (χ3n) is 4.26. The molecule has 0 bridgehead atoms. The van der Waals surface area contributed by atoms with Crippen molar-refractivity contribution in [2.45, 2.75) is 19.4 Å². The molecule has 0 aliphatic heterocycles. The number of benzene rings is 1. The Bertz CT molecular complexity index is 886. The van der Waals surface area contributed by atoms with Gasteiger partial charge in [0.25, 0.3) is 5.91 Å². The third kappa shape index (κ3) is 2.73. The van der Waals surface area contributed by atoms with Gasteiger partial charge < -0.3 is 9.88 Å². The molecule has 1 aliphatic carbocycles. The van der Waals surface area contributed by atoms with Gasteiger partial charge in [-0.1, -0.05) is 12.1 Å². The number of hydrogen-bond donors (Lipinski definition) is 1. The normalized spacial score (nSPS) is 12.5. The van der Waals surface area contributed by atoms with Gasteiger partial charge in [0, 0.05) is 30.4 Å². The van der Waals surface area contributed by atoms with Crippen LogP contribution in [0.15, 0.2) is 43.0 Å². The Morgan fingerprint density at radius 1 is 1.38 bits per heavy atom. The molecule has 1 aromatic carbocycles. The minimum atomic E-state index is -0.155. The van der Waals surface area contributed by atoms with E-state index < -0.39 is 0 Å². The molecule has 24 heavy (non-hydrogen) atoms. The van der Waals surface area contributed by atoms with Gasteiger partial charge in [-0.05, 0) is 41.7 Å². The zero-order chi connectivity index (χ0) is 16.5. The quantitative estimate of drug-likeness (QED) is 0.792. The lowest BCUT2D eigenvalue weighted by Crippen LogP contribution is -2.26. The molecule has 4 nitrogen and oxygen atoms in total. The van der Waals surface area contributed by atoms with E-state index in [0.717, 1.165) is 28.0 Å². The summed E-state index contributed by atoms with van der Waals surface area (Å²) >= 11 is 1.44. The zero-order valence-electron chi connectivity index (χ0n) is 13.0. The summed E-state index contributed by atoms with van der Waals surface area (Å²) in [6.45, 7) is 1.23. The number of imidazole rings is 1. The molecule has 0 saturated heterocycles. The second-order valence-corrected chi connectivity index (χ2v) is 6.84. The van der Waals surface area contributed by atoms with Crippen LogP contribution >= 0.6 is 11.3 Å². The predicted octanol–water partition coefficient (Wildman–Crippen LogP) is 3.28. The second-order valence-electron chi connectivity index (χ2n) is 5.79. The van der Waals surface area contributed by atoms with Crippen LogP contribution in [-0.2, 0) is 19.4 Å². The van der Waals surface area contributed by atoms with Gasteiger partial charge in [-0.2, -0.15) is 0 Å². The molecule has 1 N–H and O–H groups in total. The van der Waals surface area contributed by atoms with Crippen molar-refractivity contribution in [3.63, 3.8) is 0 Å². The summed E-state index contributed by atoms with van der Waals surface area (Å²) in [5, 5.41) is 2.93. The van der Waals surface area contributed by atoms with E-state index in [2.05, 4.69) is 10.3 Å². The van der Waals surface area contributed by atoms with E-state index in [0.29, 0.717) is 24.4 Å². The van der Waals surface area contributed by atoms with Gasteiger partial charge in [-0.25, -0.2) is 9.37 Å². The molecule has 2 heterocycles. The largest absolute Gasteiger partial charge is 0.350 e. The van der Waals surface area contributed by atoms with Crippen molar-refractivity contribution >= 4 is 17.2 Å². The molecule has 0 fully saturated rings. The average molecular weight is 341 g/mol. The topological polar surface area (TPSA) is 46.9 Å². The molecule has 0 radical (unpaired) electrons. The average Bonchev–Trinajstić information content (AvgIpc) is 3.24. The number of halogens is 1. The molecular formula is C18H16FN3OS. The van der Waals surface area contributed by atoms with Gasteiger partial charge in [-0.15, -0.1) is 11.3 Å². The zero-order valence-corrected chi connectivity index (χ0v) is 13.8. The first-order valence-corrected chi connectivity index (χ1v) is 8.68. The fourth-order valence-electron chi connectivity index (χ4n) is 3.04. The van der Waals surface area contributed by atoms with E-state index >= 15 is 0 Å². The van der Waals surface area contributed by atoms with E-state index in [1.165, 1.54) is 17.4 Å². The van der Waals surface area contributed by atoms with Gasteiger partial charge in [0.05, 0.1) is 11.2 Å². The van der Waals surface area contributed by atoms with Crippen LogP contribution in [0.25, 0.3) is 10.4 Å². The highest BCUT2D eigenvalue weighted by Gasteiger charge is 2.23. The fraction of sp³-hybridized carbons (Fsp3) is 0.222. The molecule has 2 aromatic heterocycles. The first-order chi connectivity index (χ1) is 11.7. The van der Waals surface area contributed by atoms with E-state index in [1.807, 2.05) is 22.9 Å². The summed E-state index contributed by atoms with van der Waals surface area (Å²) in [5.74, 6) is -0.231. The molecule has 4 rings (SSSR count). The van der Waals surface area contributed by atoms with Gasteiger partial charge in [-0.3, -0.25) is 4.79 Å². The van der Waals surface area contributed by atoms with Crippen LogP contribution in [0.5, 0.6) is 0 Å². The van der Waals surface area contributed by atoms with Crippen LogP contribution < -0.4 is 5.32 Å². The Morgan fingerprint density at radius 2 is 2.29 bits per heavy atom. The first kappa shape index (κ1) is 15.1. The Labute approximate surface area is 143 Å². The van der Waals surface area contributed by atoms with Crippen molar-refractivity contribution in [3.05, 3.63) is 64.8 Å². The predicted molar refractivity (Wildman–Crippen MR) is 91.7 cm³/mol. The maximum atomic E-state index is 13.9. The lowest BCUT2D eigenvalue weighted by atomic mass is 9.91. The highest BCUT2D eigenvalue weighted by Crippen LogP contribution is 2.40. The van der Waals surface area contributed by atoms with Crippen LogP contribution in [-0.4, -0.2) is 22.0 Å². The number of carbonyl (C=O) groups is 1. The highest BCUT2D eigenvalue weighted by molar-refractivity contribution is 7.17. The van der Waals surface area contributed by atoms with E-state index in [1.54, 1.807) is 18.6 Å². The summed E-state index contributed by atoms with van der Waals surface area (Å²) in [6, 6.07) is 7.11. The highest BCUT2D eigenvalue weighted by atomic mass is 32.1. The molecule has 3 aromatic rings. The van der Waals surface area contributed by atoms with Crippen molar-refractivity contribution in [2.24, 2.45) is 0 Å². The van der Waals surface area contributed by atoms with Crippen molar-refractivity contribution < 1.29 is 9.18 Å². The molecule has 0 atom stereocenters. The smallest absolute Gasteiger partial charge is 0.261 e. The number of nitrogens with one attached hydrogen (secondary N) is 1. The number of aromatic nitrogens is 2. The van der Waals surface area contributed by atoms with Gasteiger partial charge in [0.15, 0.2) is 0 Å². The van der Waals surface area contributed by atoms with Crippen LogP contribution in [0.4, 0.5) is 4.39 Å². The Kier molecular flexibility index (Phi) is 3.90. The van der Waals surface area contributed by atoms with Crippen LogP contribution in [0.2, 0.25) is 0 Å². The standard InChI is InChI=1S/C18H16FN3OS/c19-15-3-1-2-14-13(15)5-4-12-10-16(24-17(12)14)18(23)21-7-9-22-8-6-20-11-22/h1-3,6,8,10-11H,4-5,7,9H2,(H,21,23). The molecular weight excluding hydrogens is 325 g/mol. The van der Waals surface area contributed by atoms with Crippen LogP contribution in [0.3, 0.4) is 0 Å². The van der Waals surface area contributed by atoms with Gasteiger partial charge in [0.1, 0.15) is 5.82 Å². The summed E-state index contributed by atoms with van der Waals surface area (Å²) in [7, 11) is 0. The first-order valence-electron chi connectivity index (χ1n) is 7.87. The Balaban J connectivity index is 1.51. The number of amides is 1. The van der Waals surface area contributed by atoms with Crippen molar-refractivity contribution in [2.75, 3.05) is 6.54 Å². The molecule has 122 valence electrons. The molecule has 0 saturated carbocycles. The lowest BCUT2D eigenvalue weighted by Gasteiger charge is -2.16. The summed E-state index contributed by atoms with van der Waals surface area (Å²) in [6.07, 6.45) is 6.77. The number of nitrogens with zero attached hydrogens (tertiary/aromatic N) is 2. The second kappa shape index (κ2) is 6.20. The number of hydrogen-bond acceptors (Lipinski definition) is 3. The van der Waals surface area contributed by atoms with E-state index in [9.17, 15) is 9.18 Å². The van der Waals surface area contributed by atoms with Gasteiger partial charge in [0.2, 0.25) is 0 Å². The Hall–Kier alpha value is -2.47. The minimum Gasteiger partial charge on any atom is -0.350 e. The number of aryl methyl sites for hydroxylation is 1.